The number of carbonyl (C=O) groups is 1. The van der Waals surface area contributed by atoms with Crippen LogP contribution in [-0.2, 0) is 0 Å². The fraction of sp³-hybridized carbons (Fsp3) is 0.533. The van der Waals surface area contributed by atoms with E-state index in [0.717, 1.165) is 31.7 Å². The lowest BCUT2D eigenvalue weighted by molar-refractivity contribution is 0.183. The molecule has 110 valence electrons. The molecule has 1 unspecified atom stereocenters. The van der Waals surface area contributed by atoms with E-state index in [4.69, 9.17) is 10.5 Å². The van der Waals surface area contributed by atoms with Crippen LogP contribution in [0.2, 0.25) is 0 Å². The zero-order valence-corrected chi connectivity index (χ0v) is 12.1. The third-order valence-electron chi connectivity index (χ3n) is 3.91. The SMILES string of the molecule is COc1ccc(C(C)NC2CCN(C(N)=O)CC2)cc1. The van der Waals surface area contributed by atoms with Crippen LogP contribution in [0.3, 0.4) is 0 Å². The Labute approximate surface area is 120 Å². The zero-order valence-electron chi connectivity index (χ0n) is 12.1. The molecule has 0 spiro atoms. The number of rotatable bonds is 4. The molecule has 2 rings (SSSR count). The van der Waals surface area contributed by atoms with Gasteiger partial charge in [-0.15, -0.1) is 0 Å². The second kappa shape index (κ2) is 6.61. The molecule has 1 aliphatic heterocycles. The van der Waals surface area contributed by atoms with E-state index in [1.165, 1.54) is 5.56 Å². The third kappa shape index (κ3) is 3.63. The second-order valence-electron chi connectivity index (χ2n) is 5.26. The maximum Gasteiger partial charge on any atom is 0.314 e. The summed E-state index contributed by atoms with van der Waals surface area (Å²) in [5.74, 6) is 0.871. The predicted molar refractivity (Wildman–Crippen MR) is 78.7 cm³/mol. The number of amides is 2. The molecule has 3 N–H and O–H groups in total. The molecule has 1 saturated heterocycles. The lowest BCUT2D eigenvalue weighted by Gasteiger charge is -2.33. The molecule has 2 amide bonds. The first-order valence-corrected chi connectivity index (χ1v) is 7.04. The van der Waals surface area contributed by atoms with Crippen LogP contribution in [-0.4, -0.2) is 37.2 Å². The molecule has 20 heavy (non-hydrogen) atoms. The lowest BCUT2D eigenvalue weighted by Crippen LogP contribution is -2.47. The minimum Gasteiger partial charge on any atom is -0.497 e. The summed E-state index contributed by atoms with van der Waals surface area (Å²) < 4.78 is 5.16. The third-order valence-corrected chi connectivity index (χ3v) is 3.91. The van der Waals surface area contributed by atoms with Gasteiger partial charge in [0, 0.05) is 25.2 Å². The van der Waals surface area contributed by atoms with Crippen LogP contribution in [0.5, 0.6) is 5.75 Å². The number of hydrogen-bond donors (Lipinski definition) is 2. The van der Waals surface area contributed by atoms with Gasteiger partial charge in [-0.05, 0) is 37.5 Å². The van der Waals surface area contributed by atoms with Crippen LogP contribution in [0.15, 0.2) is 24.3 Å². The average molecular weight is 277 g/mol. The first-order valence-electron chi connectivity index (χ1n) is 7.04. The monoisotopic (exact) mass is 277 g/mol. The molecule has 1 aromatic rings. The number of carbonyl (C=O) groups excluding carboxylic acids is 1. The van der Waals surface area contributed by atoms with Crippen LogP contribution in [0.1, 0.15) is 31.4 Å². The van der Waals surface area contributed by atoms with Crippen molar-refractivity contribution in [2.45, 2.75) is 31.8 Å². The van der Waals surface area contributed by atoms with Crippen molar-refractivity contribution in [3.8, 4) is 5.75 Å². The maximum atomic E-state index is 11.1. The number of piperidine rings is 1. The zero-order chi connectivity index (χ0) is 14.5. The highest BCUT2D eigenvalue weighted by Gasteiger charge is 2.22. The molecule has 5 nitrogen and oxygen atoms in total. The number of nitrogens with zero attached hydrogens (tertiary/aromatic N) is 1. The van der Waals surface area contributed by atoms with Crippen molar-refractivity contribution in [2.24, 2.45) is 5.73 Å². The molecule has 0 radical (unpaired) electrons. The van der Waals surface area contributed by atoms with E-state index in [9.17, 15) is 4.79 Å². The van der Waals surface area contributed by atoms with Gasteiger partial charge >= 0.3 is 6.03 Å². The summed E-state index contributed by atoms with van der Waals surface area (Å²) in [4.78, 5) is 12.8. The van der Waals surface area contributed by atoms with Gasteiger partial charge in [0.2, 0.25) is 0 Å². The normalized spacial score (nSPS) is 17.8. The fourth-order valence-electron chi connectivity index (χ4n) is 2.61. The largest absolute Gasteiger partial charge is 0.497 e. The Balaban J connectivity index is 1.85. The summed E-state index contributed by atoms with van der Waals surface area (Å²) in [6, 6.07) is 8.51. The standard InChI is InChI=1S/C15H23N3O2/c1-11(12-3-5-14(20-2)6-4-12)17-13-7-9-18(10-8-13)15(16)19/h3-6,11,13,17H,7-10H2,1-2H3,(H2,16,19). The Kier molecular flexibility index (Phi) is 4.84. The highest BCUT2D eigenvalue weighted by molar-refractivity contribution is 5.72. The molecule has 1 aliphatic rings. The van der Waals surface area contributed by atoms with Crippen molar-refractivity contribution in [1.82, 2.24) is 10.2 Å². The first-order chi connectivity index (χ1) is 9.60. The smallest absolute Gasteiger partial charge is 0.314 e. The molecular weight excluding hydrogens is 254 g/mol. The lowest BCUT2D eigenvalue weighted by atomic mass is 10.0. The van der Waals surface area contributed by atoms with Crippen LogP contribution >= 0.6 is 0 Å². The van der Waals surface area contributed by atoms with Gasteiger partial charge in [-0.2, -0.15) is 0 Å². The van der Waals surface area contributed by atoms with Crippen molar-refractivity contribution < 1.29 is 9.53 Å². The van der Waals surface area contributed by atoms with Crippen LogP contribution in [0.25, 0.3) is 0 Å². The number of urea groups is 1. The van der Waals surface area contributed by atoms with Crippen molar-refractivity contribution in [3.05, 3.63) is 29.8 Å². The molecule has 0 bridgehead atoms. The molecular formula is C15H23N3O2. The Hall–Kier alpha value is -1.75. The van der Waals surface area contributed by atoms with Crippen LogP contribution < -0.4 is 15.8 Å². The summed E-state index contributed by atoms with van der Waals surface area (Å²) in [7, 11) is 1.67. The quantitative estimate of drug-likeness (QED) is 0.883. The average Bonchev–Trinajstić information content (AvgIpc) is 2.48. The number of benzene rings is 1. The van der Waals surface area contributed by atoms with Gasteiger partial charge in [-0.1, -0.05) is 12.1 Å². The topological polar surface area (TPSA) is 67.6 Å². The van der Waals surface area contributed by atoms with Crippen molar-refractivity contribution in [1.29, 1.82) is 0 Å². The van der Waals surface area contributed by atoms with E-state index in [1.54, 1.807) is 12.0 Å². The van der Waals surface area contributed by atoms with E-state index in [-0.39, 0.29) is 12.1 Å². The first kappa shape index (κ1) is 14.7. The Morgan fingerprint density at radius 1 is 1.35 bits per heavy atom. The van der Waals surface area contributed by atoms with Gasteiger partial charge in [0.15, 0.2) is 0 Å². The van der Waals surface area contributed by atoms with E-state index in [0.29, 0.717) is 6.04 Å². The van der Waals surface area contributed by atoms with Crippen molar-refractivity contribution in [3.63, 3.8) is 0 Å². The van der Waals surface area contributed by atoms with E-state index < -0.39 is 0 Å². The van der Waals surface area contributed by atoms with Crippen molar-refractivity contribution >= 4 is 6.03 Å². The molecule has 5 heteroatoms. The molecule has 0 aliphatic carbocycles. The van der Waals surface area contributed by atoms with Gasteiger partial charge in [0.1, 0.15) is 5.75 Å². The van der Waals surface area contributed by atoms with Crippen molar-refractivity contribution in [2.75, 3.05) is 20.2 Å². The fourth-order valence-corrected chi connectivity index (χ4v) is 2.61. The minimum absolute atomic E-state index is 0.283. The molecule has 1 atom stereocenters. The number of primary amides is 1. The van der Waals surface area contributed by atoms with E-state index in [1.807, 2.05) is 12.1 Å². The Bertz CT molecular complexity index is 439. The number of nitrogens with two attached hydrogens (primary N) is 1. The van der Waals surface area contributed by atoms with E-state index >= 15 is 0 Å². The number of nitrogens with one attached hydrogen (secondary N) is 1. The minimum atomic E-state index is -0.313. The van der Waals surface area contributed by atoms with Gasteiger partial charge in [-0.25, -0.2) is 4.79 Å². The van der Waals surface area contributed by atoms with Crippen LogP contribution in [0.4, 0.5) is 4.79 Å². The van der Waals surface area contributed by atoms with Gasteiger partial charge in [0.25, 0.3) is 0 Å². The molecule has 1 aromatic carbocycles. The predicted octanol–water partition coefficient (Wildman–Crippen LogP) is 1.89. The number of hydrogen-bond acceptors (Lipinski definition) is 3. The molecule has 0 aromatic heterocycles. The van der Waals surface area contributed by atoms with Crippen LogP contribution in [0, 0.1) is 0 Å². The Morgan fingerprint density at radius 3 is 2.45 bits per heavy atom. The molecule has 0 saturated carbocycles. The second-order valence-corrected chi connectivity index (χ2v) is 5.26. The maximum absolute atomic E-state index is 11.1. The highest BCUT2D eigenvalue weighted by Crippen LogP contribution is 2.20. The molecule has 1 fully saturated rings. The molecule has 1 heterocycles. The number of ether oxygens (including phenoxy) is 1. The van der Waals surface area contributed by atoms with Gasteiger partial charge < -0.3 is 20.7 Å². The summed E-state index contributed by atoms with van der Waals surface area (Å²) >= 11 is 0. The highest BCUT2D eigenvalue weighted by atomic mass is 16.5. The number of likely N-dealkylation sites (tertiary alicyclic amines) is 1. The number of methoxy groups -OCH3 is 1. The van der Waals surface area contributed by atoms with Gasteiger partial charge in [0.05, 0.1) is 7.11 Å². The Morgan fingerprint density at radius 2 is 1.95 bits per heavy atom. The summed E-state index contributed by atoms with van der Waals surface area (Å²) in [5, 5.41) is 3.61. The summed E-state index contributed by atoms with van der Waals surface area (Å²) in [5.41, 5.74) is 6.53. The summed E-state index contributed by atoms with van der Waals surface area (Å²) in [6.07, 6.45) is 1.90. The van der Waals surface area contributed by atoms with E-state index in [2.05, 4.69) is 24.4 Å². The van der Waals surface area contributed by atoms with Gasteiger partial charge in [-0.3, -0.25) is 0 Å². The summed E-state index contributed by atoms with van der Waals surface area (Å²) in [6.45, 7) is 3.63.